The van der Waals surface area contributed by atoms with Gasteiger partial charge < -0.3 is 24.8 Å². The summed E-state index contributed by atoms with van der Waals surface area (Å²) in [7, 11) is 1.20. The van der Waals surface area contributed by atoms with Crippen LogP contribution in [-0.2, 0) is 14.3 Å². The third kappa shape index (κ3) is 8.03. The normalized spacial score (nSPS) is 12.0. The van der Waals surface area contributed by atoms with Crippen LogP contribution >= 0.6 is 0 Å². The summed E-state index contributed by atoms with van der Waals surface area (Å²) in [5, 5.41) is 5.23. The van der Waals surface area contributed by atoms with E-state index in [0.29, 0.717) is 11.3 Å². The summed E-state index contributed by atoms with van der Waals surface area (Å²) in [6.07, 6.45) is -0.715. The van der Waals surface area contributed by atoms with E-state index in [0.717, 1.165) is 0 Å². The van der Waals surface area contributed by atoms with Crippen molar-refractivity contribution in [1.29, 1.82) is 0 Å². The fraction of sp³-hybridized carbons (Fsp3) is 0.500. The molecule has 1 unspecified atom stereocenters. The maximum atomic E-state index is 12.7. The molecule has 0 aliphatic carbocycles. The lowest BCUT2D eigenvalue weighted by Gasteiger charge is -2.34. The number of nitrogens with one attached hydrogen (secondary N) is 2. The Balaban J connectivity index is 2.93. The highest BCUT2D eigenvalue weighted by Gasteiger charge is 2.39. The summed E-state index contributed by atoms with van der Waals surface area (Å²) in [4.78, 5) is 37.2. The van der Waals surface area contributed by atoms with Crippen molar-refractivity contribution < 1.29 is 28.6 Å². The predicted molar refractivity (Wildman–Crippen MR) is 112 cm³/mol. The van der Waals surface area contributed by atoms with Gasteiger partial charge in [-0.15, -0.1) is 5.92 Å². The number of methoxy groups -OCH3 is 1. The zero-order chi connectivity index (χ0) is 22.9. The quantitative estimate of drug-likeness (QED) is 0.521. The Morgan fingerprint density at radius 1 is 1.07 bits per heavy atom. The first-order chi connectivity index (χ1) is 13.9. The predicted octanol–water partition coefficient (Wildman–Crippen LogP) is 2.66. The van der Waals surface area contributed by atoms with Crippen molar-refractivity contribution >= 4 is 18.0 Å². The van der Waals surface area contributed by atoms with Crippen molar-refractivity contribution in [1.82, 2.24) is 10.6 Å². The van der Waals surface area contributed by atoms with Gasteiger partial charge >= 0.3 is 12.1 Å². The molecule has 0 saturated carbocycles. The number of hydrogen-bond acceptors (Lipinski definition) is 6. The van der Waals surface area contributed by atoms with Crippen LogP contribution in [-0.4, -0.2) is 48.9 Å². The Morgan fingerprint density at radius 3 is 2.17 bits per heavy atom. The highest BCUT2D eigenvalue weighted by molar-refractivity contribution is 5.97. The van der Waals surface area contributed by atoms with Crippen LogP contribution in [0.1, 0.15) is 51.9 Å². The summed E-state index contributed by atoms with van der Waals surface area (Å²) in [6.45, 7) is 10.3. The van der Waals surface area contributed by atoms with Gasteiger partial charge in [-0.1, -0.05) is 5.92 Å². The van der Waals surface area contributed by atoms with Gasteiger partial charge in [-0.25, -0.2) is 9.59 Å². The Bertz CT molecular complexity index is 813. The number of rotatable bonds is 7. The molecule has 2 N–H and O–H groups in total. The van der Waals surface area contributed by atoms with Crippen molar-refractivity contribution in [2.75, 3.05) is 13.7 Å². The minimum atomic E-state index is -1.19. The molecule has 8 nitrogen and oxygen atoms in total. The zero-order valence-electron chi connectivity index (χ0n) is 18.5. The molecule has 8 heteroatoms. The Kier molecular flexibility index (Phi) is 8.72. The van der Waals surface area contributed by atoms with E-state index in [4.69, 9.17) is 14.2 Å². The van der Waals surface area contributed by atoms with Crippen LogP contribution in [0.25, 0.3) is 0 Å². The van der Waals surface area contributed by atoms with Gasteiger partial charge in [-0.2, -0.15) is 0 Å². The highest BCUT2D eigenvalue weighted by atomic mass is 16.6. The molecule has 0 bridgehead atoms. The molecule has 1 aromatic rings. The van der Waals surface area contributed by atoms with E-state index in [1.165, 1.54) is 7.11 Å². The van der Waals surface area contributed by atoms with Gasteiger partial charge in [-0.3, -0.25) is 4.79 Å². The second-order valence-corrected chi connectivity index (χ2v) is 8.02. The first-order valence-corrected chi connectivity index (χ1v) is 9.42. The number of alkyl carbamates (subject to hydrolysis) is 1. The summed E-state index contributed by atoms with van der Waals surface area (Å²) >= 11 is 0. The Hall–Kier alpha value is -3.21. The van der Waals surface area contributed by atoms with E-state index in [-0.39, 0.29) is 6.61 Å². The van der Waals surface area contributed by atoms with Gasteiger partial charge in [-0.05, 0) is 65.8 Å². The number of carbonyl (C=O) groups is 3. The molecular weight excluding hydrogens is 388 g/mol. The molecule has 1 rings (SSSR count). The molecule has 0 saturated heterocycles. The van der Waals surface area contributed by atoms with E-state index in [9.17, 15) is 14.4 Å². The van der Waals surface area contributed by atoms with E-state index in [2.05, 4.69) is 22.5 Å². The minimum absolute atomic E-state index is 0.247. The van der Waals surface area contributed by atoms with E-state index in [1.807, 2.05) is 0 Å². The number of benzene rings is 1. The highest BCUT2D eigenvalue weighted by Crippen LogP contribution is 2.16. The molecule has 0 aliphatic rings. The van der Waals surface area contributed by atoms with Crippen molar-refractivity contribution in [3.05, 3.63) is 29.8 Å². The Morgan fingerprint density at radius 2 is 1.67 bits per heavy atom. The lowest BCUT2D eigenvalue weighted by Crippen LogP contribution is -2.62. The van der Waals surface area contributed by atoms with Crippen LogP contribution in [0.3, 0.4) is 0 Å². The fourth-order valence-electron chi connectivity index (χ4n) is 2.40. The molecule has 0 fully saturated rings. The topological polar surface area (TPSA) is 103 Å². The maximum absolute atomic E-state index is 12.7. The van der Waals surface area contributed by atoms with Crippen LogP contribution in [0.15, 0.2) is 24.3 Å². The molecule has 0 radical (unpaired) electrons. The summed E-state index contributed by atoms with van der Waals surface area (Å²) in [5.74, 6) is 4.85. The minimum Gasteiger partial charge on any atom is -0.481 e. The third-order valence-corrected chi connectivity index (χ3v) is 3.86. The number of carbonyl (C=O) groups excluding carboxylic acids is 3. The molecule has 1 aromatic carbocycles. The summed E-state index contributed by atoms with van der Waals surface area (Å²) < 4.78 is 15.5. The van der Waals surface area contributed by atoms with Gasteiger partial charge in [0.2, 0.25) is 0 Å². The lowest BCUT2D eigenvalue weighted by atomic mass is 9.94. The number of hydrogen-bond donors (Lipinski definition) is 2. The van der Waals surface area contributed by atoms with E-state index in [1.54, 1.807) is 65.8 Å². The largest absolute Gasteiger partial charge is 0.481 e. The monoisotopic (exact) mass is 418 g/mol. The van der Waals surface area contributed by atoms with Gasteiger partial charge in [0.15, 0.2) is 0 Å². The summed E-state index contributed by atoms with van der Waals surface area (Å²) in [6, 6.07) is 5.23. The molecular formula is C22H30N2O6. The number of esters is 1. The second-order valence-electron chi connectivity index (χ2n) is 8.02. The van der Waals surface area contributed by atoms with E-state index < -0.39 is 35.2 Å². The molecule has 0 heterocycles. The van der Waals surface area contributed by atoms with E-state index >= 15 is 0 Å². The SMILES string of the molecule is CC#CCOc1ccc(C(=O)NC(C(=O)OC)C(C)(C)NC(=O)OC(C)(C)C)cc1. The smallest absolute Gasteiger partial charge is 0.408 e. The molecule has 0 spiro atoms. The van der Waals surface area contributed by atoms with Gasteiger partial charge in [0.25, 0.3) is 5.91 Å². The average molecular weight is 418 g/mol. The molecule has 2 amide bonds. The molecule has 30 heavy (non-hydrogen) atoms. The van der Waals surface area contributed by atoms with Crippen LogP contribution in [0, 0.1) is 11.8 Å². The molecule has 0 aromatic heterocycles. The average Bonchev–Trinajstić information content (AvgIpc) is 2.63. The zero-order valence-corrected chi connectivity index (χ0v) is 18.5. The summed E-state index contributed by atoms with van der Waals surface area (Å²) in [5.41, 5.74) is -1.59. The number of amides is 2. The van der Waals surface area contributed by atoms with Crippen LogP contribution < -0.4 is 15.4 Å². The van der Waals surface area contributed by atoms with Crippen molar-refractivity contribution in [2.24, 2.45) is 0 Å². The molecule has 1 atom stereocenters. The third-order valence-electron chi connectivity index (χ3n) is 3.86. The van der Waals surface area contributed by atoms with Gasteiger partial charge in [0, 0.05) is 5.56 Å². The van der Waals surface area contributed by atoms with Crippen molar-refractivity contribution in [2.45, 2.75) is 58.7 Å². The fourth-order valence-corrected chi connectivity index (χ4v) is 2.40. The lowest BCUT2D eigenvalue weighted by molar-refractivity contribution is -0.144. The Labute approximate surface area is 177 Å². The first-order valence-electron chi connectivity index (χ1n) is 9.42. The van der Waals surface area contributed by atoms with Crippen molar-refractivity contribution in [3.8, 4) is 17.6 Å². The van der Waals surface area contributed by atoms with Crippen molar-refractivity contribution in [3.63, 3.8) is 0 Å². The molecule has 0 aliphatic heterocycles. The van der Waals surface area contributed by atoms with Gasteiger partial charge in [0.1, 0.15) is 24.0 Å². The van der Waals surface area contributed by atoms with Crippen LogP contribution in [0.4, 0.5) is 4.79 Å². The van der Waals surface area contributed by atoms with Crippen LogP contribution in [0.5, 0.6) is 5.75 Å². The van der Waals surface area contributed by atoms with Gasteiger partial charge in [0.05, 0.1) is 12.6 Å². The standard InChI is InChI=1S/C22H30N2O6/c1-8-9-14-29-16-12-10-15(11-13-16)18(25)23-17(19(26)28-7)22(5,6)24-20(27)30-21(2,3)4/h10-13,17H,14H2,1-7H3,(H,23,25)(H,24,27). The molecule has 164 valence electrons. The first kappa shape index (κ1) is 24.8. The number of ether oxygens (including phenoxy) is 3. The maximum Gasteiger partial charge on any atom is 0.408 e. The van der Waals surface area contributed by atoms with Crippen LogP contribution in [0.2, 0.25) is 0 Å². The second kappa shape index (κ2) is 10.5.